The van der Waals surface area contributed by atoms with Crippen LogP contribution in [-0.4, -0.2) is 33.4 Å². The summed E-state index contributed by atoms with van der Waals surface area (Å²) in [6.45, 7) is 2.95. The maximum absolute atomic E-state index is 13.5. The van der Waals surface area contributed by atoms with E-state index in [0.717, 1.165) is 18.5 Å². The molecule has 1 heterocycles. The van der Waals surface area contributed by atoms with E-state index in [1.165, 1.54) is 12.1 Å². The highest BCUT2D eigenvalue weighted by Gasteiger charge is 2.11. The van der Waals surface area contributed by atoms with Crippen LogP contribution in [0.4, 0.5) is 10.1 Å². The summed E-state index contributed by atoms with van der Waals surface area (Å²) in [4.78, 5) is 24.1. The molecule has 0 aliphatic heterocycles. The average molecular weight is 369 g/mol. The molecule has 0 saturated heterocycles. The Morgan fingerprint density at radius 3 is 2.78 bits per heavy atom. The van der Waals surface area contributed by atoms with Gasteiger partial charge in [-0.15, -0.1) is 5.10 Å². The summed E-state index contributed by atoms with van der Waals surface area (Å²) in [5, 5.41) is 13.3. The molecular formula is C19H20FN5O2. The number of anilines is 1. The molecule has 1 aromatic heterocycles. The van der Waals surface area contributed by atoms with Gasteiger partial charge < -0.3 is 10.6 Å². The van der Waals surface area contributed by atoms with Crippen LogP contribution in [0.25, 0.3) is 11.0 Å². The summed E-state index contributed by atoms with van der Waals surface area (Å²) in [7, 11) is 0. The van der Waals surface area contributed by atoms with Gasteiger partial charge in [-0.1, -0.05) is 24.3 Å². The van der Waals surface area contributed by atoms with E-state index in [1.807, 2.05) is 6.07 Å². The van der Waals surface area contributed by atoms with Gasteiger partial charge in [-0.05, 0) is 36.8 Å². The number of aryl methyl sites for hydroxylation is 1. The molecule has 7 nitrogen and oxygen atoms in total. The number of halogens is 1. The first kappa shape index (κ1) is 18.5. The molecule has 0 bridgehead atoms. The number of carbonyl (C=O) groups is 2. The van der Waals surface area contributed by atoms with Gasteiger partial charge in [-0.25, -0.2) is 9.07 Å². The molecule has 27 heavy (non-hydrogen) atoms. The van der Waals surface area contributed by atoms with E-state index in [-0.39, 0.29) is 30.5 Å². The summed E-state index contributed by atoms with van der Waals surface area (Å²) in [5.74, 6) is -1.18. The third-order valence-electron chi connectivity index (χ3n) is 4.00. The fourth-order valence-electron chi connectivity index (χ4n) is 2.66. The average Bonchev–Trinajstić information content (AvgIpc) is 3.06. The van der Waals surface area contributed by atoms with Gasteiger partial charge in [-0.3, -0.25) is 9.59 Å². The number of para-hydroxylation sites is 1. The minimum absolute atomic E-state index is 0.0367. The van der Waals surface area contributed by atoms with Crippen molar-refractivity contribution in [3.63, 3.8) is 0 Å². The van der Waals surface area contributed by atoms with Crippen LogP contribution in [0.5, 0.6) is 0 Å². The molecule has 3 rings (SSSR count). The maximum Gasteiger partial charge on any atom is 0.251 e. The Morgan fingerprint density at radius 2 is 2.00 bits per heavy atom. The zero-order valence-electron chi connectivity index (χ0n) is 14.9. The number of amides is 2. The SMILES string of the molecule is CCCn1nnc2cc(C(=O)NCCC(=O)Nc3ccccc3F)ccc21. The standard InChI is InChI=1S/C19H20FN5O2/c1-2-11-25-17-8-7-13(12-16(17)23-24-25)19(27)21-10-9-18(26)22-15-6-4-3-5-14(15)20/h3-8,12H,2,9-11H2,1H3,(H,21,27)(H,22,26). The number of hydrogen-bond donors (Lipinski definition) is 2. The summed E-state index contributed by atoms with van der Waals surface area (Å²) in [6.07, 6.45) is 0.977. The highest BCUT2D eigenvalue weighted by atomic mass is 19.1. The van der Waals surface area contributed by atoms with Crippen molar-refractivity contribution in [3.8, 4) is 0 Å². The van der Waals surface area contributed by atoms with Crippen molar-refractivity contribution < 1.29 is 14.0 Å². The Labute approximate surface area is 155 Å². The van der Waals surface area contributed by atoms with Crippen molar-refractivity contribution in [3.05, 3.63) is 53.8 Å². The van der Waals surface area contributed by atoms with Gasteiger partial charge in [0.25, 0.3) is 5.91 Å². The predicted octanol–water partition coefficient (Wildman–Crippen LogP) is 2.74. The second-order valence-corrected chi connectivity index (χ2v) is 6.05. The van der Waals surface area contributed by atoms with E-state index in [1.54, 1.807) is 28.9 Å². The first-order valence-electron chi connectivity index (χ1n) is 8.74. The topological polar surface area (TPSA) is 88.9 Å². The monoisotopic (exact) mass is 369 g/mol. The second kappa shape index (κ2) is 8.39. The van der Waals surface area contributed by atoms with Crippen LogP contribution in [-0.2, 0) is 11.3 Å². The van der Waals surface area contributed by atoms with Crippen LogP contribution in [0.2, 0.25) is 0 Å². The Balaban J connectivity index is 1.54. The maximum atomic E-state index is 13.5. The zero-order valence-corrected chi connectivity index (χ0v) is 14.9. The number of benzene rings is 2. The highest BCUT2D eigenvalue weighted by Crippen LogP contribution is 2.14. The molecule has 3 aromatic rings. The molecule has 0 atom stereocenters. The Kier molecular flexibility index (Phi) is 5.75. The van der Waals surface area contributed by atoms with Crippen molar-refractivity contribution in [1.29, 1.82) is 0 Å². The lowest BCUT2D eigenvalue weighted by molar-refractivity contribution is -0.116. The number of rotatable bonds is 7. The van der Waals surface area contributed by atoms with E-state index in [4.69, 9.17) is 0 Å². The van der Waals surface area contributed by atoms with Crippen LogP contribution in [0, 0.1) is 5.82 Å². The van der Waals surface area contributed by atoms with Crippen LogP contribution >= 0.6 is 0 Å². The fraction of sp³-hybridized carbons (Fsp3) is 0.263. The van der Waals surface area contributed by atoms with E-state index < -0.39 is 5.82 Å². The Bertz CT molecular complexity index is 970. The summed E-state index contributed by atoms with van der Waals surface area (Å²) < 4.78 is 15.3. The molecule has 0 aliphatic rings. The molecule has 0 unspecified atom stereocenters. The minimum Gasteiger partial charge on any atom is -0.352 e. The van der Waals surface area contributed by atoms with Gasteiger partial charge in [0.1, 0.15) is 11.3 Å². The summed E-state index contributed by atoms with van der Waals surface area (Å²) in [6, 6.07) is 11.1. The van der Waals surface area contributed by atoms with Crippen molar-refractivity contribution in [2.24, 2.45) is 0 Å². The van der Waals surface area contributed by atoms with E-state index in [9.17, 15) is 14.0 Å². The molecule has 0 saturated carbocycles. The van der Waals surface area contributed by atoms with Crippen LogP contribution < -0.4 is 10.6 Å². The molecule has 2 N–H and O–H groups in total. The Hall–Kier alpha value is -3.29. The normalized spacial score (nSPS) is 10.7. The van der Waals surface area contributed by atoms with Gasteiger partial charge in [0.15, 0.2) is 0 Å². The lowest BCUT2D eigenvalue weighted by Crippen LogP contribution is -2.27. The molecule has 140 valence electrons. The van der Waals surface area contributed by atoms with E-state index >= 15 is 0 Å². The highest BCUT2D eigenvalue weighted by molar-refractivity contribution is 5.97. The number of nitrogens with one attached hydrogen (secondary N) is 2. The molecule has 0 radical (unpaired) electrons. The number of aromatic nitrogens is 3. The molecule has 0 spiro atoms. The van der Waals surface area contributed by atoms with E-state index in [0.29, 0.717) is 11.1 Å². The molecule has 2 aromatic carbocycles. The summed E-state index contributed by atoms with van der Waals surface area (Å²) >= 11 is 0. The molecule has 0 aliphatic carbocycles. The first-order chi connectivity index (χ1) is 13.1. The first-order valence-corrected chi connectivity index (χ1v) is 8.74. The van der Waals surface area contributed by atoms with Gasteiger partial charge in [-0.2, -0.15) is 0 Å². The lowest BCUT2D eigenvalue weighted by Gasteiger charge is -2.07. The van der Waals surface area contributed by atoms with Crippen molar-refractivity contribution in [2.45, 2.75) is 26.3 Å². The van der Waals surface area contributed by atoms with Crippen molar-refractivity contribution >= 4 is 28.5 Å². The van der Waals surface area contributed by atoms with Gasteiger partial charge >= 0.3 is 0 Å². The quantitative estimate of drug-likeness (QED) is 0.670. The van der Waals surface area contributed by atoms with Crippen LogP contribution in [0.15, 0.2) is 42.5 Å². The molecule has 0 fully saturated rings. The summed E-state index contributed by atoms with van der Waals surface area (Å²) in [5.41, 5.74) is 2.08. The third-order valence-corrected chi connectivity index (χ3v) is 4.00. The third kappa shape index (κ3) is 4.46. The fourth-order valence-corrected chi connectivity index (χ4v) is 2.66. The second-order valence-electron chi connectivity index (χ2n) is 6.05. The van der Waals surface area contributed by atoms with Gasteiger partial charge in [0.05, 0.1) is 11.2 Å². The van der Waals surface area contributed by atoms with E-state index in [2.05, 4.69) is 27.9 Å². The smallest absolute Gasteiger partial charge is 0.251 e. The van der Waals surface area contributed by atoms with Crippen LogP contribution in [0.3, 0.4) is 0 Å². The van der Waals surface area contributed by atoms with Crippen LogP contribution in [0.1, 0.15) is 30.1 Å². The minimum atomic E-state index is -0.501. The zero-order chi connectivity index (χ0) is 19.2. The predicted molar refractivity (Wildman–Crippen MR) is 99.8 cm³/mol. The lowest BCUT2D eigenvalue weighted by atomic mass is 10.2. The van der Waals surface area contributed by atoms with Gasteiger partial charge in [0, 0.05) is 25.1 Å². The van der Waals surface area contributed by atoms with Crippen molar-refractivity contribution in [1.82, 2.24) is 20.3 Å². The number of hydrogen-bond acceptors (Lipinski definition) is 4. The Morgan fingerprint density at radius 1 is 1.19 bits per heavy atom. The molecular weight excluding hydrogens is 349 g/mol. The largest absolute Gasteiger partial charge is 0.352 e. The van der Waals surface area contributed by atoms with Crippen molar-refractivity contribution in [2.75, 3.05) is 11.9 Å². The van der Waals surface area contributed by atoms with Gasteiger partial charge in [0.2, 0.25) is 5.91 Å². The number of carbonyl (C=O) groups excluding carboxylic acids is 2. The molecule has 8 heteroatoms. The number of fused-ring (bicyclic) bond motifs is 1. The number of nitrogens with zero attached hydrogens (tertiary/aromatic N) is 3. The molecule has 2 amide bonds.